The zero-order valence-corrected chi connectivity index (χ0v) is 12.1. The molecule has 102 valence electrons. The Kier molecular flexibility index (Phi) is 4.36. The van der Waals surface area contributed by atoms with Crippen molar-refractivity contribution in [1.29, 1.82) is 0 Å². The van der Waals surface area contributed by atoms with Crippen LogP contribution >= 0.6 is 11.3 Å². The van der Waals surface area contributed by atoms with Gasteiger partial charge in [0.15, 0.2) is 0 Å². The Labute approximate surface area is 117 Å². The second kappa shape index (κ2) is 5.83. The summed E-state index contributed by atoms with van der Waals surface area (Å²) in [6.45, 7) is 0.191. The van der Waals surface area contributed by atoms with Gasteiger partial charge < -0.3 is 5.11 Å². The number of aliphatic hydroxyl groups is 1. The second-order valence-electron chi connectivity index (χ2n) is 4.15. The van der Waals surface area contributed by atoms with Gasteiger partial charge in [-0.3, -0.25) is 0 Å². The number of nitrogens with zero attached hydrogens (tertiary/aromatic N) is 1. The Morgan fingerprint density at radius 3 is 2.53 bits per heavy atom. The first kappa shape index (κ1) is 14.2. The van der Waals surface area contributed by atoms with Crippen molar-refractivity contribution in [1.82, 2.24) is 4.31 Å². The number of hydrogen-bond donors (Lipinski definition) is 1. The van der Waals surface area contributed by atoms with E-state index in [2.05, 4.69) is 0 Å². The van der Waals surface area contributed by atoms with E-state index >= 15 is 0 Å². The minimum Gasteiger partial charge on any atom is -0.391 e. The molecule has 0 atom stereocenters. The highest BCUT2D eigenvalue weighted by Gasteiger charge is 2.22. The summed E-state index contributed by atoms with van der Waals surface area (Å²) in [6.07, 6.45) is 0. The quantitative estimate of drug-likeness (QED) is 0.919. The average molecular weight is 297 g/mol. The van der Waals surface area contributed by atoms with Crippen molar-refractivity contribution >= 4 is 21.4 Å². The number of hydrogen-bond acceptors (Lipinski definition) is 4. The van der Waals surface area contributed by atoms with Crippen molar-refractivity contribution in [2.24, 2.45) is 0 Å². The van der Waals surface area contributed by atoms with Gasteiger partial charge in [-0.2, -0.15) is 4.31 Å². The van der Waals surface area contributed by atoms with Crippen molar-refractivity contribution in [3.63, 3.8) is 0 Å². The molecule has 2 rings (SSSR count). The van der Waals surface area contributed by atoms with Gasteiger partial charge >= 0.3 is 0 Å². The Hall–Kier alpha value is -1.21. The van der Waals surface area contributed by atoms with Gasteiger partial charge in [0.2, 0.25) is 10.0 Å². The van der Waals surface area contributed by atoms with E-state index in [9.17, 15) is 8.42 Å². The third-order valence-corrected chi connectivity index (χ3v) is 5.59. The highest BCUT2D eigenvalue weighted by molar-refractivity contribution is 7.89. The summed E-state index contributed by atoms with van der Waals surface area (Å²) in [5, 5.41) is 10.6. The van der Waals surface area contributed by atoms with E-state index in [1.54, 1.807) is 12.4 Å². The third-order valence-electron chi connectivity index (χ3n) is 2.74. The highest BCUT2D eigenvalue weighted by atomic mass is 32.2. The molecule has 1 N–H and O–H groups in total. The molecule has 0 unspecified atom stereocenters. The van der Waals surface area contributed by atoms with E-state index in [-0.39, 0.29) is 11.5 Å². The maximum absolute atomic E-state index is 12.3. The fraction of sp³-hybridized carbons (Fsp3) is 0.231. The molecule has 6 heteroatoms. The van der Waals surface area contributed by atoms with E-state index in [4.69, 9.17) is 5.11 Å². The summed E-state index contributed by atoms with van der Waals surface area (Å²) >= 11 is 1.24. The second-order valence-corrected chi connectivity index (χ2v) is 7.19. The molecular formula is C13H15NO3S2. The molecule has 4 nitrogen and oxygen atoms in total. The SMILES string of the molecule is CN(Cc1ccccc1)S(=O)(=O)c1csc(CO)c1. The normalized spacial score (nSPS) is 11.9. The van der Waals surface area contributed by atoms with E-state index < -0.39 is 10.0 Å². The van der Waals surface area contributed by atoms with Crippen LogP contribution in [0.5, 0.6) is 0 Å². The molecule has 0 aliphatic rings. The van der Waals surface area contributed by atoms with Crippen molar-refractivity contribution in [2.75, 3.05) is 7.05 Å². The molecule has 0 spiro atoms. The van der Waals surface area contributed by atoms with Crippen LogP contribution in [0.25, 0.3) is 0 Å². The van der Waals surface area contributed by atoms with Gasteiger partial charge in [-0.05, 0) is 11.6 Å². The summed E-state index contributed by atoms with van der Waals surface area (Å²) < 4.78 is 25.9. The van der Waals surface area contributed by atoms with Crippen LogP contribution in [0.1, 0.15) is 10.4 Å². The highest BCUT2D eigenvalue weighted by Crippen LogP contribution is 2.23. The predicted molar refractivity (Wildman–Crippen MR) is 75.3 cm³/mol. The lowest BCUT2D eigenvalue weighted by Crippen LogP contribution is -2.26. The number of benzene rings is 1. The first-order valence-corrected chi connectivity index (χ1v) is 8.04. The molecule has 0 radical (unpaired) electrons. The zero-order valence-electron chi connectivity index (χ0n) is 10.5. The Bertz CT molecular complexity index is 635. The predicted octanol–water partition coefficient (Wildman–Crippen LogP) is 2.06. The lowest BCUT2D eigenvalue weighted by molar-refractivity contribution is 0.285. The monoisotopic (exact) mass is 297 g/mol. The maximum atomic E-state index is 12.3. The van der Waals surface area contributed by atoms with E-state index in [1.807, 2.05) is 30.3 Å². The van der Waals surface area contributed by atoms with Gasteiger partial charge in [-0.1, -0.05) is 30.3 Å². The van der Waals surface area contributed by atoms with Crippen molar-refractivity contribution < 1.29 is 13.5 Å². The summed E-state index contributed by atoms with van der Waals surface area (Å²) in [6, 6.07) is 10.9. The van der Waals surface area contributed by atoms with Crippen LogP contribution < -0.4 is 0 Å². The van der Waals surface area contributed by atoms with E-state index in [0.717, 1.165) is 5.56 Å². The lowest BCUT2D eigenvalue weighted by Gasteiger charge is -2.16. The number of sulfonamides is 1. The molecule has 2 aromatic rings. The zero-order chi connectivity index (χ0) is 13.9. The smallest absolute Gasteiger partial charge is 0.243 e. The van der Waals surface area contributed by atoms with E-state index in [0.29, 0.717) is 11.4 Å². The molecule has 0 saturated carbocycles. The molecule has 0 aliphatic heterocycles. The molecule has 0 amide bonds. The van der Waals surface area contributed by atoms with Crippen LogP contribution in [0.15, 0.2) is 46.7 Å². The van der Waals surface area contributed by atoms with Gasteiger partial charge in [-0.25, -0.2) is 8.42 Å². The maximum Gasteiger partial charge on any atom is 0.243 e. The van der Waals surface area contributed by atoms with Gasteiger partial charge in [0, 0.05) is 23.8 Å². The van der Waals surface area contributed by atoms with Crippen LogP contribution in [0.4, 0.5) is 0 Å². The first-order valence-electron chi connectivity index (χ1n) is 5.72. The van der Waals surface area contributed by atoms with Gasteiger partial charge in [0.1, 0.15) is 0 Å². The molecule has 0 saturated heterocycles. The van der Waals surface area contributed by atoms with E-state index in [1.165, 1.54) is 21.7 Å². The minimum atomic E-state index is -3.49. The molecule has 0 bridgehead atoms. The molecule has 1 aromatic carbocycles. The first-order chi connectivity index (χ1) is 9.04. The van der Waals surface area contributed by atoms with Crippen LogP contribution in [0.2, 0.25) is 0 Å². The summed E-state index contributed by atoms with van der Waals surface area (Å²) in [5.41, 5.74) is 0.936. The fourth-order valence-corrected chi connectivity index (χ4v) is 3.96. The van der Waals surface area contributed by atoms with Gasteiger partial charge in [0.25, 0.3) is 0 Å². The van der Waals surface area contributed by atoms with Crippen molar-refractivity contribution in [3.05, 3.63) is 52.2 Å². The molecular weight excluding hydrogens is 282 g/mol. The molecule has 0 fully saturated rings. The van der Waals surface area contributed by atoms with Crippen LogP contribution in [-0.4, -0.2) is 24.9 Å². The van der Waals surface area contributed by atoms with Gasteiger partial charge in [0.05, 0.1) is 11.5 Å². The van der Waals surface area contributed by atoms with Crippen LogP contribution in [0, 0.1) is 0 Å². The van der Waals surface area contributed by atoms with Crippen LogP contribution in [0.3, 0.4) is 0 Å². The summed E-state index contributed by atoms with van der Waals surface area (Å²) in [5.74, 6) is 0. The van der Waals surface area contributed by atoms with Crippen molar-refractivity contribution in [2.45, 2.75) is 18.0 Å². The molecule has 1 heterocycles. The molecule has 0 aliphatic carbocycles. The molecule has 1 aromatic heterocycles. The summed E-state index contributed by atoms with van der Waals surface area (Å²) in [7, 11) is -1.94. The van der Waals surface area contributed by atoms with Gasteiger partial charge in [-0.15, -0.1) is 11.3 Å². The minimum absolute atomic E-state index is 0.136. The Morgan fingerprint density at radius 2 is 1.95 bits per heavy atom. The number of rotatable bonds is 5. The van der Waals surface area contributed by atoms with Crippen LogP contribution in [-0.2, 0) is 23.2 Å². The van der Waals surface area contributed by atoms with Crippen molar-refractivity contribution in [3.8, 4) is 0 Å². The summed E-state index contributed by atoms with van der Waals surface area (Å²) in [4.78, 5) is 0.881. The fourth-order valence-electron chi connectivity index (χ4n) is 1.68. The number of thiophene rings is 1. The number of aliphatic hydroxyl groups excluding tert-OH is 1. The Balaban J connectivity index is 2.19. The average Bonchev–Trinajstić information content (AvgIpc) is 2.89. The molecule has 19 heavy (non-hydrogen) atoms. The lowest BCUT2D eigenvalue weighted by atomic mass is 10.2. The topological polar surface area (TPSA) is 57.6 Å². The Morgan fingerprint density at radius 1 is 1.26 bits per heavy atom. The largest absolute Gasteiger partial charge is 0.391 e. The third kappa shape index (κ3) is 3.22. The standard InChI is InChI=1S/C13H15NO3S2/c1-14(8-11-5-3-2-4-6-11)19(16,17)13-7-12(9-15)18-10-13/h2-7,10,15H,8-9H2,1H3.